The number of rotatable bonds is 3. The summed E-state index contributed by atoms with van der Waals surface area (Å²) in [6, 6.07) is 4.18. The Morgan fingerprint density at radius 1 is 1.22 bits per heavy atom. The number of aromatic nitrogens is 4. The lowest BCUT2D eigenvalue weighted by Gasteiger charge is -2.31. The molecule has 5 nitrogen and oxygen atoms in total. The minimum atomic E-state index is 0.568. The summed E-state index contributed by atoms with van der Waals surface area (Å²) in [4.78, 5) is 12.7. The fourth-order valence-corrected chi connectivity index (χ4v) is 4.22. The van der Waals surface area contributed by atoms with E-state index in [0.717, 1.165) is 31.0 Å². The highest BCUT2D eigenvalue weighted by molar-refractivity contribution is 7.09. The maximum Gasteiger partial charge on any atom is 0.155 e. The first-order valence-corrected chi connectivity index (χ1v) is 9.01. The Morgan fingerprint density at radius 2 is 2.04 bits per heavy atom. The lowest BCUT2D eigenvalue weighted by Crippen LogP contribution is -2.33. The number of nitrogens with zero attached hydrogens (tertiary/aromatic N) is 5. The van der Waals surface area contributed by atoms with E-state index >= 15 is 0 Å². The molecule has 4 heterocycles. The van der Waals surface area contributed by atoms with Crippen LogP contribution in [0.1, 0.15) is 40.7 Å². The first-order valence-electron chi connectivity index (χ1n) is 8.13. The van der Waals surface area contributed by atoms with Crippen molar-refractivity contribution in [3.8, 4) is 0 Å². The zero-order chi connectivity index (χ0) is 15.8. The van der Waals surface area contributed by atoms with Gasteiger partial charge in [-0.2, -0.15) is 5.10 Å². The van der Waals surface area contributed by atoms with Crippen molar-refractivity contribution in [3.05, 3.63) is 45.8 Å². The summed E-state index contributed by atoms with van der Waals surface area (Å²) in [6.07, 6.45) is 4.27. The van der Waals surface area contributed by atoms with Gasteiger partial charge in [-0.05, 0) is 45.8 Å². The molecule has 3 aromatic rings. The van der Waals surface area contributed by atoms with E-state index in [0.29, 0.717) is 5.92 Å². The Hall–Kier alpha value is -1.79. The molecule has 0 unspecified atom stereocenters. The van der Waals surface area contributed by atoms with Crippen molar-refractivity contribution in [2.24, 2.45) is 0 Å². The van der Waals surface area contributed by atoms with Crippen LogP contribution >= 0.6 is 11.3 Å². The van der Waals surface area contributed by atoms with Crippen LogP contribution in [-0.2, 0) is 6.54 Å². The van der Waals surface area contributed by atoms with Crippen molar-refractivity contribution in [2.75, 3.05) is 13.1 Å². The van der Waals surface area contributed by atoms with E-state index in [1.54, 1.807) is 11.3 Å². The summed E-state index contributed by atoms with van der Waals surface area (Å²) in [5.74, 6) is 0.568. The second kappa shape index (κ2) is 6.02. The van der Waals surface area contributed by atoms with Crippen molar-refractivity contribution in [1.82, 2.24) is 24.5 Å². The molecule has 1 aliphatic rings. The van der Waals surface area contributed by atoms with Crippen LogP contribution < -0.4 is 0 Å². The molecule has 0 bridgehead atoms. The summed E-state index contributed by atoms with van der Waals surface area (Å²) >= 11 is 1.77. The first-order chi connectivity index (χ1) is 11.2. The fraction of sp³-hybridized carbons (Fsp3) is 0.471. The summed E-state index contributed by atoms with van der Waals surface area (Å²) in [7, 11) is 0. The van der Waals surface area contributed by atoms with Crippen molar-refractivity contribution >= 4 is 17.0 Å². The highest BCUT2D eigenvalue weighted by Crippen LogP contribution is 2.29. The van der Waals surface area contributed by atoms with Crippen LogP contribution in [0.3, 0.4) is 0 Å². The van der Waals surface area contributed by atoms with Gasteiger partial charge in [0, 0.05) is 35.3 Å². The summed E-state index contributed by atoms with van der Waals surface area (Å²) in [5.41, 5.74) is 6.42. The van der Waals surface area contributed by atoms with Gasteiger partial charge in [-0.3, -0.25) is 4.90 Å². The van der Waals surface area contributed by atoms with Gasteiger partial charge in [0.1, 0.15) is 0 Å². The van der Waals surface area contributed by atoms with Crippen LogP contribution in [-0.4, -0.2) is 37.6 Å². The maximum atomic E-state index is 4.61. The smallest absolute Gasteiger partial charge is 0.155 e. The molecule has 0 radical (unpaired) electrons. The van der Waals surface area contributed by atoms with E-state index in [9.17, 15) is 0 Å². The van der Waals surface area contributed by atoms with E-state index in [2.05, 4.69) is 33.0 Å². The van der Waals surface area contributed by atoms with Crippen molar-refractivity contribution in [1.29, 1.82) is 0 Å². The topological polar surface area (TPSA) is 46.3 Å². The second-order valence-corrected chi connectivity index (χ2v) is 7.28. The molecule has 0 aliphatic carbocycles. The molecule has 1 aliphatic heterocycles. The molecular weight excluding hydrogens is 306 g/mol. The molecule has 0 N–H and O–H groups in total. The molecule has 1 fully saturated rings. The van der Waals surface area contributed by atoms with E-state index in [1.165, 1.54) is 29.1 Å². The largest absolute Gasteiger partial charge is 0.298 e. The monoisotopic (exact) mass is 327 g/mol. The normalized spacial score (nSPS) is 17.1. The summed E-state index contributed by atoms with van der Waals surface area (Å²) in [6.45, 7) is 7.43. The fourth-order valence-electron chi connectivity index (χ4n) is 3.41. The number of piperidine rings is 1. The third-order valence-corrected chi connectivity index (χ3v) is 5.65. The lowest BCUT2D eigenvalue weighted by atomic mass is 9.93. The Bertz CT molecular complexity index is 813. The van der Waals surface area contributed by atoms with Crippen LogP contribution in [0.4, 0.5) is 0 Å². The molecular formula is C17H21N5S. The average Bonchev–Trinajstić information content (AvgIpc) is 3.13. The van der Waals surface area contributed by atoms with Crippen molar-refractivity contribution < 1.29 is 0 Å². The number of hydrogen-bond donors (Lipinski definition) is 0. The molecule has 0 spiro atoms. The summed E-state index contributed by atoms with van der Waals surface area (Å²) < 4.78 is 2.03. The van der Waals surface area contributed by atoms with Crippen molar-refractivity contribution in [3.63, 3.8) is 0 Å². The van der Waals surface area contributed by atoms with Crippen LogP contribution in [0.15, 0.2) is 23.8 Å². The van der Waals surface area contributed by atoms with Gasteiger partial charge < -0.3 is 0 Å². The summed E-state index contributed by atoms with van der Waals surface area (Å²) in [5, 5.41) is 4.61. The zero-order valence-corrected chi connectivity index (χ0v) is 14.4. The lowest BCUT2D eigenvalue weighted by molar-refractivity contribution is 0.203. The van der Waals surface area contributed by atoms with Gasteiger partial charge in [0.15, 0.2) is 5.65 Å². The van der Waals surface area contributed by atoms with Crippen LogP contribution in [0.25, 0.3) is 5.65 Å². The third-order valence-electron chi connectivity index (χ3n) is 4.73. The number of fused-ring (bicyclic) bond motifs is 1. The molecule has 23 heavy (non-hydrogen) atoms. The Kier molecular flexibility index (Phi) is 3.87. The van der Waals surface area contributed by atoms with Gasteiger partial charge in [0.05, 0.1) is 16.9 Å². The average molecular weight is 327 g/mol. The quantitative estimate of drug-likeness (QED) is 0.741. The molecule has 0 atom stereocenters. The number of thiazole rings is 1. The number of hydrogen-bond acceptors (Lipinski definition) is 5. The molecule has 0 saturated carbocycles. The zero-order valence-electron chi connectivity index (χ0n) is 13.6. The Balaban J connectivity index is 1.47. The van der Waals surface area contributed by atoms with Gasteiger partial charge in [-0.15, -0.1) is 11.3 Å². The molecule has 6 heteroatoms. The number of likely N-dealkylation sites (tertiary alicyclic amines) is 1. The van der Waals surface area contributed by atoms with Gasteiger partial charge in [-0.25, -0.2) is 14.5 Å². The van der Waals surface area contributed by atoms with Gasteiger partial charge in [-0.1, -0.05) is 0 Å². The first kappa shape index (κ1) is 14.8. The van der Waals surface area contributed by atoms with Crippen LogP contribution in [0.2, 0.25) is 0 Å². The minimum absolute atomic E-state index is 0.568. The Morgan fingerprint density at radius 3 is 2.78 bits per heavy atom. The van der Waals surface area contributed by atoms with Gasteiger partial charge in [0.2, 0.25) is 0 Å². The van der Waals surface area contributed by atoms with E-state index in [-0.39, 0.29) is 0 Å². The molecule has 4 rings (SSSR count). The van der Waals surface area contributed by atoms with E-state index in [1.807, 2.05) is 29.2 Å². The molecule has 1 saturated heterocycles. The maximum absolute atomic E-state index is 4.61. The SMILES string of the molecule is Cc1cc2nccc(C3CCN(Cc4scnc4C)CC3)n2n1. The van der Waals surface area contributed by atoms with E-state index < -0.39 is 0 Å². The van der Waals surface area contributed by atoms with Gasteiger partial charge in [0.25, 0.3) is 0 Å². The predicted molar refractivity (Wildman–Crippen MR) is 91.8 cm³/mol. The highest BCUT2D eigenvalue weighted by Gasteiger charge is 2.23. The molecule has 0 aromatic carbocycles. The van der Waals surface area contributed by atoms with Gasteiger partial charge >= 0.3 is 0 Å². The van der Waals surface area contributed by atoms with Crippen molar-refractivity contribution in [2.45, 2.75) is 39.2 Å². The highest BCUT2D eigenvalue weighted by atomic mass is 32.1. The van der Waals surface area contributed by atoms with Crippen LogP contribution in [0.5, 0.6) is 0 Å². The molecule has 120 valence electrons. The minimum Gasteiger partial charge on any atom is -0.298 e. The van der Waals surface area contributed by atoms with Crippen LogP contribution in [0, 0.1) is 13.8 Å². The molecule has 3 aromatic heterocycles. The standard InChI is InChI=1S/C17H21N5S/c1-12-9-17-18-6-3-15(22(17)20-12)14-4-7-21(8-5-14)10-16-13(2)19-11-23-16/h3,6,9,11,14H,4-5,7-8,10H2,1-2H3. The number of aryl methyl sites for hydroxylation is 2. The third kappa shape index (κ3) is 2.88. The Labute approximate surface area is 140 Å². The second-order valence-electron chi connectivity index (χ2n) is 6.34. The van der Waals surface area contributed by atoms with E-state index in [4.69, 9.17) is 0 Å². The molecule has 0 amide bonds. The predicted octanol–water partition coefficient (Wildman–Crippen LogP) is 3.18.